The standard InChI is InChI=1S/C21H28N6O3S/c1-13-10-17(25(4)23-13)20-22-15(3)19-16(21(6-7-21)31(5,28)29)11-18(24-27(19)20)26-8-9-30-12-14(26)2/h10-11,14H,6-9,12H2,1-5H3. The second-order valence-corrected chi connectivity index (χ2v) is 11.2. The number of hydrogen-bond donors (Lipinski definition) is 0. The predicted molar refractivity (Wildman–Crippen MR) is 118 cm³/mol. The largest absolute Gasteiger partial charge is 0.377 e. The molecule has 0 amide bonds. The zero-order valence-corrected chi connectivity index (χ0v) is 19.4. The van der Waals surface area contributed by atoms with Crippen LogP contribution in [-0.2, 0) is 26.4 Å². The molecule has 166 valence electrons. The predicted octanol–water partition coefficient (Wildman–Crippen LogP) is 2.01. The fourth-order valence-corrected chi connectivity index (χ4v) is 6.15. The van der Waals surface area contributed by atoms with Crippen molar-refractivity contribution < 1.29 is 13.2 Å². The molecule has 0 spiro atoms. The molecular formula is C21H28N6O3S. The second-order valence-electron chi connectivity index (χ2n) is 8.88. The van der Waals surface area contributed by atoms with Gasteiger partial charge in [0.25, 0.3) is 0 Å². The van der Waals surface area contributed by atoms with Crippen LogP contribution in [-0.4, -0.2) is 64.9 Å². The summed E-state index contributed by atoms with van der Waals surface area (Å²) < 4.78 is 34.1. The van der Waals surface area contributed by atoms with Crippen molar-refractivity contribution >= 4 is 21.2 Å². The molecule has 2 fully saturated rings. The zero-order chi connectivity index (χ0) is 22.1. The van der Waals surface area contributed by atoms with Gasteiger partial charge in [0.15, 0.2) is 15.7 Å². The minimum absolute atomic E-state index is 0.145. The van der Waals surface area contributed by atoms with Crippen LogP contribution in [0.1, 0.15) is 36.7 Å². The molecule has 1 aliphatic heterocycles. The van der Waals surface area contributed by atoms with Crippen LogP contribution in [0.2, 0.25) is 0 Å². The lowest BCUT2D eigenvalue weighted by molar-refractivity contribution is 0.0984. The number of rotatable bonds is 4. The maximum Gasteiger partial charge on any atom is 0.180 e. The summed E-state index contributed by atoms with van der Waals surface area (Å²) in [7, 11) is -1.42. The number of aryl methyl sites for hydroxylation is 3. The van der Waals surface area contributed by atoms with Gasteiger partial charge in [-0.25, -0.2) is 17.9 Å². The fourth-order valence-electron chi connectivity index (χ4n) is 4.75. The first kappa shape index (κ1) is 20.4. The highest BCUT2D eigenvalue weighted by Crippen LogP contribution is 2.54. The SMILES string of the molecule is Cc1cc(-c2nc(C)c3c(C4(S(C)(=O)=O)CC4)cc(N4CCOCC4C)nn23)n(C)n1. The molecule has 3 aromatic heterocycles. The van der Waals surface area contributed by atoms with Crippen LogP contribution in [0.3, 0.4) is 0 Å². The molecule has 1 atom stereocenters. The van der Waals surface area contributed by atoms with Gasteiger partial charge in [-0.1, -0.05) is 0 Å². The summed E-state index contributed by atoms with van der Waals surface area (Å²) in [6.07, 6.45) is 2.58. The molecule has 31 heavy (non-hydrogen) atoms. The number of anilines is 1. The number of nitrogens with zero attached hydrogens (tertiary/aromatic N) is 6. The fraction of sp³-hybridized carbons (Fsp3) is 0.571. The molecule has 1 saturated carbocycles. The number of fused-ring (bicyclic) bond motifs is 1. The molecular weight excluding hydrogens is 416 g/mol. The lowest BCUT2D eigenvalue weighted by Crippen LogP contribution is -2.44. The van der Waals surface area contributed by atoms with E-state index in [2.05, 4.69) is 16.9 Å². The van der Waals surface area contributed by atoms with Crippen LogP contribution in [0.5, 0.6) is 0 Å². The van der Waals surface area contributed by atoms with Gasteiger partial charge in [-0.05, 0) is 45.7 Å². The Hall–Kier alpha value is -2.46. The molecule has 9 nitrogen and oxygen atoms in total. The third kappa shape index (κ3) is 3.07. The van der Waals surface area contributed by atoms with Crippen molar-refractivity contribution in [2.75, 3.05) is 30.9 Å². The summed E-state index contributed by atoms with van der Waals surface area (Å²) in [6.45, 7) is 7.89. The van der Waals surface area contributed by atoms with E-state index < -0.39 is 14.6 Å². The van der Waals surface area contributed by atoms with Gasteiger partial charge in [-0.2, -0.15) is 5.10 Å². The van der Waals surface area contributed by atoms with Crippen LogP contribution < -0.4 is 4.90 Å². The first-order valence-electron chi connectivity index (χ1n) is 10.6. The van der Waals surface area contributed by atoms with E-state index in [1.165, 1.54) is 6.26 Å². The Morgan fingerprint density at radius 2 is 1.94 bits per heavy atom. The van der Waals surface area contributed by atoms with E-state index in [-0.39, 0.29) is 6.04 Å². The molecule has 10 heteroatoms. The summed E-state index contributed by atoms with van der Waals surface area (Å²) in [6, 6.07) is 4.09. The van der Waals surface area contributed by atoms with Crippen LogP contribution in [0.25, 0.3) is 17.0 Å². The number of aromatic nitrogens is 5. The first-order valence-corrected chi connectivity index (χ1v) is 12.5. The molecule has 5 rings (SSSR count). The molecule has 0 bridgehead atoms. The Morgan fingerprint density at radius 3 is 2.52 bits per heavy atom. The van der Waals surface area contributed by atoms with E-state index in [9.17, 15) is 8.42 Å². The second kappa shape index (κ2) is 6.77. The number of morpholine rings is 1. The van der Waals surface area contributed by atoms with Crippen molar-refractivity contribution in [3.63, 3.8) is 0 Å². The Labute approximate surface area is 181 Å². The van der Waals surface area contributed by atoms with Crippen molar-refractivity contribution in [1.82, 2.24) is 24.4 Å². The molecule has 1 aliphatic carbocycles. The van der Waals surface area contributed by atoms with Crippen molar-refractivity contribution in [2.45, 2.75) is 44.4 Å². The molecule has 0 N–H and O–H groups in total. The third-order valence-corrected chi connectivity index (χ3v) is 8.61. The molecule has 3 aromatic rings. The van der Waals surface area contributed by atoms with E-state index >= 15 is 0 Å². The third-order valence-electron chi connectivity index (χ3n) is 6.56. The number of imidazole rings is 1. The summed E-state index contributed by atoms with van der Waals surface area (Å²) in [5.41, 5.74) is 4.08. The highest BCUT2D eigenvalue weighted by atomic mass is 32.2. The Balaban J connectivity index is 1.82. The normalized spacial score (nSPS) is 21.1. The van der Waals surface area contributed by atoms with E-state index in [0.29, 0.717) is 38.4 Å². The summed E-state index contributed by atoms with van der Waals surface area (Å²) in [5, 5.41) is 9.43. The lowest BCUT2D eigenvalue weighted by Gasteiger charge is -2.34. The molecule has 4 heterocycles. The van der Waals surface area contributed by atoms with Crippen LogP contribution >= 0.6 is 0 Å². The van der Waals surface area contributed by atoms with Crippen molar-refractivity contribution in [3.8, 4) is 11.5 Å². The van der Waals surface area contributed by atoms with Crippen molar-refractivity contribution in [2.24, 2.45) is 7.05 Å². The van der Waals surface area contributed by atoms with Gasteiger partial charge < -0.3 is 9.64 Å². The average molecular weight is 445 g/mol. The van der Waals surface area contributed by atoms with Crippen molar-refractivity contribution in [1.29, 1.82) is 0 Å². The molecule has 1 saturated heterocycles. The van der Waals surface area contributed by atoms with Gasteiger partial charge in [0.2, 0.25) is 0 Å². The first-order chi connectivity index (χ1) is 14.6. The molecule has 0 aromatic carbocycles. The average Bonchev–Trinajstić information content (AvgIpc) is 3.37. The summed E-state index contributed by atoms with van der Waals surface area (Å²) in [4.78, 5) is 7.02. The van der Waals surface area contributed by atoms with Crippen molar-refractivity contribution in [3.05, 3.63) is 29.1 Å². The van der Waals surface area contributed by atoms with E-state index in [4.69, 9.17) is 14.8 Å². The lowest BCUT2D eigenvalue weighted by atomic mass is 10.1. The Morgan fingerprint density at radius 1 is 1.19 bits per heavy atom. The number of hydrogen-bond acceptors (Lipinski definition) is 7. The van der Waals surface area contributed by atoms with E-state index in [1.54, 1.807) is 4.68 Å². The maximum absolute atomic E-state index is 12.9. The van der Waals surface area contributed by atoms with Crippen LogP contribution in [0.15, 0.2) is 12.1 Å². The van der Waals surface area contributed by atoms with Gasteiger partial charge in [0.1, 0.15) is 11.5 Å². The number of ether oxygens (including phenoxy) is 1. The Bertz CT molecular complexity index is 1290. The summed E-state index contributed by atoms with van der Waals surface area (Å²) in [5.74, 6) is 1.43. The van der Waals surface area contributed by atoms with Gasteiger partial charge >= 0.3 is 0 Å². The van der Waals surface area contributed by atoms with Gasteiger partial charge in [-0.3, -0.25) is 4.68 Å². The number of sulfone groups is 1. The highest BCUT2D eigenvalue weighted by molar-refractivity contribution is 7.92. The zero-order valence-electron chi connectivity index (χ0n) is 18.6. The Kier molecular flexibility index (Phi) is 4.46. The van der Waals surface area contributed by atoms with Crippen LogP contribution in [0.4, 0.5) is 5.82 Å². The minimum atomic E-state index is -3.30. The monoisotopic (exact) mass is 444 g/mol. The van der Waals surface area contributed by atoms with E-state index in [0.717, 1.165) is 34.0 Å². The maximum atomic E-state index is 12.9. The van der Waals surface area contributed by atoms with Gasteiger partial charge in [-0.15, -0.1) is 5.10 Å². The quantitative estimate of drug-likeness (QED) is 0.607. The van der Waals surface area contributed by atoms with Gasteiger partial charge in [0.05, 0.1) is 40.9 Å². The smallest absolute Gasteiger partial charge is 0.180 e. The minimum Gasteiger partial charge on any atom is -0.377 e. The summed E-state index contributed by atoms with van der Waals surface area (Å²) >= 11 is 0. The topological polar surface area (TPSA) is 94.6 Å². The molecule has 0 radical (unpaired) electrons. The van der Waals surface area contributed by atoms with Crippen LogP contribution in [0, 0.1) is 13.8 Å². The highest BCUT2D eigenvalue weighted by Gasteiger charge is 2.55. The van der Waals surface area contributed by atoms with E-state index in [1.807, 2.05) is 37.5 Å². The molecule has 2 aliphatic rings. The molecule has 1 unspecified atom stereocenters. The van der Waals surface area contributed by atoms with Gasteiger partial charge in [0, 0.05) is 25.4 Å².